The lowest BCUT2D eigenvalue weighted by molar-refractivity contribution is -0.0328. The van der Waals surface area contributed by atoms with Crippen molar-refractivity contribution in [3.05, 3.63) is 24.3 Å². The summed E-state index contributed by atoms with van der Waals surface area (Å²) in [7, 11) is 1.90. The van der Waals surface area contributed by atoms with Crippen LogP contribution in [0.25, 0.3) is 0 Å². The first-order valence-electron chi connectivity index (χ1n) is 6.96. The number of piperidine rings is 1. The zero-order chi connectivity index (χ0) is 16.2. The molecule has 0 atom stereocenters. The summed E-state index contributed by atoms with van der Waals surface area (Å²) in [4.78, 5) is 13.9. The van der Waals surface area contributed by atoms with Crippen molar-refractivity contribution in [2.45, 2.75) is 29.3 Å². The number of anilines is 1. The Kier molecular flexibility index (Phi) is 5.57. The molecule has 0 aromatic heterocycles. The second-order valence-electron chi connectivity index (χ2n) is 5.05. The molecule has 1 aliphatic heterocycles. The zero-order valence-corrected chi connectivity index (χ0v) is 12.9. The summed E-state index contributed by atoms with van der Waals surface area (Å²) in [6.45, 7) is 1.33. The van der Waals surface area contributed by atoms with Gasteiger partial charge in [-0.3, -0.25) is 0 Å². The molecule has 1 aromatic rings. The van der Waals surface area contributed by atoms with E-state index in [0.29, 0.717) is 24.8 Å². The van der Waals surface area contributed by atoms with E-state index in [0.717, 1.165) is 12.8 Å². The molecule has 0 saturated carbocycles. The van der Waals surface area contributed by atoms with Crippen LogP contribution in [0.1, 0.15) is 12.8 Å². The van der Waals surface area contributed by atoms with Crippen LogP contribution in [-0.4, -0.2) is 42.6 Å². The molecule has 1 saturated heterocycles. The molecule has 2 N–H and O–H groups in total. The molecule has 4 nitrogen and oxygen atoms in total. The summed E-state index contributed by atoms with van der Waals surface area (Å²) >= 11 is -0.171. The number of alkyl halides is 3. The van der Waals surface area contributed by atoms with E-state index in [1.165, 1.54) is 24.3 Å². The van der Waals surface area contributed by atoms with Gasteiger partial charge in [0.05, 0.1) is 0 Å². The van der Waals surface area contributed by atoms with Crippen molar-refractivity contribution >= 4 is 23.5 Å². The second-order valence-corrected chi connectivity index (χ2v) is 6.19. The number of hydrogen-bond acceptors (Lipinski definition) is 3. The fraction of sp³-hybridized carbons (Fsp3) is 0.500. The van der Waals surface area contributed by atoms with E-state index in [1.807, 2.05) is 7.05 Å². The Morgan fingerprint density at radius 1 is 1.23 bits per heavy atom. The largest absolute Gasteiger partial charge is 0.446 e. The molecule has 1 aliphatic rings. The number of rotatable bonds is 3. The summed E-state index contributed by atoms with van der Waals surface area (Å²) in [6.07, 6.45) is 1.79. The van der Waals surface area contributed by atoms with Crippen molar-refractivity contribution in [3.63, 3.8) is 0 Å². The second kappa shape index (κ2) is 7.23. The summed E-state index contributed by atoms with van der Waals surface area (Å²) < 4.78 is 36.7. The van der Waals surface area contributed by atoms with E-state index in [4.69, 9.17) is 0 Å². The van der Waals surface area contributed by atoms with E-state index in [-0.39, 0.29) is 22.7 Å². The highest BCUT2D eigenvalue weighted by molar-refractivity contribution is 8.00. The van der Waals surface area contributed by atoms with Gasteiger partial charge in [0, 0.05) is 29.7 Å². The van der Waals surface area contributed by atoms with Gasteiger partial charge in [-0.15, -0.1) is 0 Å². The number of amides is 2. The SMILES string of the molecule is CNC1CCN(C(=O)Nc2ccc(SC(F)(F)F)cc2)CC1. The highest BCUT2D eigenvalue weighted by Crippen LogP contribution is 2.37. The first-order valence-corrected chi connectivity index (χ1v) is 7.78. The Bertz CT molecular complexity index is 499. The molecule has 2 rings (SSSR count). The van der Waals surface area contributed by atoms with Crippen LogP contribution in [0, 0.1) is 0 Å². The fourth-order valence-electron chi connectivity index (χ4n) is 2.31. The number of nitrogens with one attached hydrogen (secondary N) is 2. The summed E-state index contributed by atoms with van der Waals surface area (Å²) in [5, 5.41) is 5.90. The van der Waals surface area contributed by atoms with E-state index in [9.17, 15) is 18.0 Å². The van der Waals surface area contributed by atoms with Gasteiger partial charge in [-0.2, -0.15) is 13.2 Å². The molecule has 0 spiro atoms. The van der Waals surface area contributed by atoms with Gasteiger partial charge in [0.15, 0.2) is 0 Å². The number of thioether (sulfide) groups is 1. The third-order valence-corrected chi connectivity index (χ3v) is 4.27. The number of carbonyl (C=O) groups excluding carboxylic acids is 1. The average Bonchev–Trinajstić information content (AvgIpc) is 2.48. The van der Waals surface area contributed by atoms with Crippen LogP contribution in [0.3, 0.4) is 0 Å². The molecule has 22 heavy (non-hydrogen) atoms. The van der Waals surface area contributed by atoms with Crippen LogP contribution in [-0.2, 0) is 0 Å². The van der Waals surface area contributed by atoms with Gasteiger partial charge in [0.1, 0.15) is 0 Å². The Hall–Kier alpha value is -1.41. The predicted octanol–water partition coefficient (Wildman–Crippen LogP) is 3.51. The maximum Gasteiger partial charge on any atom is 0.446 e. The molecule has 122 valence electrons. The summed E-state index contributed by atoms with van der Waals surface area (Å²) in [5.41, 5.74) is -3.81. The molecule has 0 unspecified atom stereocenters. The number of nitrogens with zero attached hydrogens (tertiary/aromatic N) is 1. The van der Waals surface area contributed by atoms with Crippen LogP contribution in [0.4, 0.5) is 23.7 Å². The Morgan fingerprint density at radius 3 is 2.32 bits per heavy atom. The van der Waals surface area contributed by atoms with Gasteiger partial charge in [-0.25, -0.2) is 4.79 Å². The Morgan fingerprint density at radius 2 is 1.82 bits per heavy atom. The molecule has 8 heteroatoms. The molecular formula is C14H18F3N3OS. The summed E-state index contributed by atoms with van der Waals surface area (Å²) in [6, 6.07) is 5.87. The van der Waals surface area contributed by atoms with Crippen LogP contribution in [0.2, 0.25) is 0 Å². The summed E-state index contributed by atoms with van der Waals surface area (Å²) in [5.74, 6) is 0. The molecular weight excluding hydrogens is 315 g/mol. The third kappa shape index (κ3) is 5.10. The maximum atomic E-state index is 12.2. The van der Waals surface area contributed by atoms with Crippen molar-refractivity contribution < 1.29 is 18.0 Å². The minimum Gasteiger partial charge on any atom is -0.324 e. The highest BCUT2D eigenvalue weighted by Gasteiger charge is 2.29. The number of carbonyl (C=O) groups is 1. The lowest BCUT2D eigenvalue weighted by Gasteiger charge is -2.31. The monoisotopic (exact) mass is 333 g/mol. The van der Waals surface area contributed by atoms with Gasteiger partial charge >= 0.3 is 11.5 Å². The van der Waals surface area contributed by atoms with Crippen LogP contribution < -0.4 is 10.6 Å². The van der Waals surface area contributed by atoms with E-state index >= 15 is 0 Å². The first-order chi connectivity index (χ1) is 10.4. The van der Waals surface area contributed by atoms with E-state index in [2.05, 4.69) is 10.6 Å². The van der Waals surface area contributed by atoms with Gasteiger partial charge in [-0.1, -0.05) is 0 Å². The van der Waals surface area contributed by atoms with Crippen molar-refractivity contribution in [2.24, 2.45) is 0 Å². The van der Waals surface area contributed by atoms with Crippen molar-refractivity contribution in [2.75, 3.05) is 25.5 Å². The molecule has 1 fully saturated rings. The predicted molar refractivity (Wildman–Crippen MR) is 81.0 cm³/mol. The normalized spacial score (nSPS) is 16.6. The molecule has 0 bridgehead atoms. The van der Waals surface area contributed by atoms with Crippen molar-refractivity contribution in [1.82, 2.24) is 10.2 Å². The van der Waals surface area contributed by atoms with Crippen molar-refractivity contribution in [3.8, 4) is 0 Å². The minimum absolute atomic E-state index is 0.0975. The van der Waals surface area contributed by atoms with Gasteiger partial charge in [0.2, 0.25) is 0 Å². The lowest BCUT2D eigenvalue weighted by Crippen LogP contribution is -2.45. The van der Waals surface area contributed by atoms with Crippen LogP contribution in [0.15, 0.2) is 29.2 Å². The smallest absolute Gasteiger partial charge is 0.324 e. The molecule has 0 radical (unpaired) electrons. The average molecular weight is 333 g/mol. The molecule has 1 aromatic carbocycles. The van der Waals surface area contributed by atoms with E-state index < -0.39 is 5.51 Å². The van der Waals surface area contributed by atoms with Gasteiger partial charge in [-0.05, 0) is 55.9 Å². The fourth-order valence-corrected chi connectivity index (χ4v) is 2.85. The highest BCUT2D eigenvalue weighted by atomic mass is 32.2. The quantitative estimate of drug-likeness (QED) is 0.832. The van der Waals surface area contributed by atoms with Crippen molar-refractivity contribution in [1.29, 1.82) is 0 Å². The Labute approximate surface area is 131 Å². The number of benzene rings is 1. The lowest BCUT2D eigenvalue weighted by atomic mass is 10.1. The molecule has 2 amide bonds. The maximum absolute atomic E-state index is 12.2. The van der Waals surface area contributed by atoms with Crippen LogP contribution in [0.5, 0.6) is 0 Å². The third-order valence-electron chi connectivity index (χ3n) is 3.53. The Balaban J connectivity index is 1.87. The zero-order valence-electron chi connectivity index (χ0n) is 12.1. The number of hydrogen-bond donors (Lipinski definition) is 2. The first kappa shape index (κ1) is 17.0. The standard InChI is InChI=1S/C14H18F3N3OS/c1-18-10-6-8-20(9-7-10)13(21)19-11-2-4-12(5-3-11)22-14(15,16)17/h2-5,10,18H,6-9H2,1H3,(H,19,21). The number of likely N-dealkylation sites (tertiary alicyclic amines) is 1. The van der Waals surface area contributed by atoms with E-state index in [1.54, 1.807) is 4.90 Å². The molecule has 1 heterocycles. The molecule has 0 aliphatic carbocycles. The van der Waals surface area contributed by atoms with Gasteiger partial charge in [0.25, 0.3) is 0 Å². The number of urea groups is 1. The number of halogens is 3. The topological polar surface area (TPSA) is 44.4 Å². The van der Waals surface area contributed by atoms with Crippen LogP contribution >= 0.6 is 11.8 Å². The minimum atomic E-state index is -4.30. The van der Waals surface area contributed by atoms with Gasteiger partial charge < -0.3 is 15.5 Å².